The highest BCUT2D eigenvalue weighted by Gasteiger charge is 2.30. The van der Waals surface area contributed by atoms with E-state index in [1.807, 2.05) is 0 Å². The molecule has 2 aliphatic rings. The van der Waals surface area contributed by atoms with Crippen LogP contribution in [0, 0.1) is 5.92 Å². The van der Waals surface area contributed by atoms with Gasteiger partial charge in [-0.05, 0) is 18.8 Å². The van der Waals surface area contributed by atoms with Crippen LogP contribution in [0.15, 0.2) is 0 Å². The molecule has 1 aliphatic heterocycles. The predicted octanol–water partition coefficient (Wildman–Crippen LogP) is 0.105. The van der Waals surface area contributed by atoms with Crippen LogP contribution in [0.5, 0.6) is 0 Å². The van der Waals surface area contributed by atoms with Crippen LogP contribution >= 0.6 is 0 Å². The summed E-state index contributed by atoms with van der Waals surface area (Å²) in [6.45, 7) is 0.555. The third-order valence-corrected chi connectivity index (χ3v) is 2.96. The Morgan fingerprint density at radius 3 is 2.62 bits per heavy atom. The van der Waals surface area contributed by atoms with Crippen LogP contribution in [-0.2, 0) is 19.0 Å². The van der Waals surface area contributed by atoms with E-state index in [1.165, 1.54) is 12.8 Å². The molecule has 7 heteroatoms. The van der Waals surface area contributed by atoms with Crippen molar-refractivity contribution < 1.29 is 17.0 Å². The van der Waals surface area contributed by atoms with Gasteiger partial charge in [-0.15, -0.1) is 8.57 Å². The average molecular weight is 208 g/mol. The van der Waals surface area contributed by atoms with E-state index in [2.05, 4.69) is 14.2 Å². The number of rotatable bonds is 2. The summed E-state index contributed by atoms with van der Waals surface area (Å²) in [6, 6.07) is 0. The third kappa shape index (κ3) is 2.38. The molecule has 0 aromatic heterocycles. The van der Waals surface area contributed by atoms with E-state index in [-0.39, 0.29) is 0 Å². The molecule has 1 saturated carbocycles. The monoisotopic (exact) mass is 208 g/mol. The van der Waals surface area contributed by atoms with Gasteiger partial charge in [-0.25, -0.2) is 0 Å². The van der Waals surface area contributed by atoms with Crippen molar-refractivity contribution in [3.05, 3.63) is 0 Å². The van der Waals surface area contributed by atoms with Gasteiger partial charge in [0.15, 0.2) is 0 Å². The number of nitrogens with one attached hydrogen (secondary N) is 1. The third-order valence-electron chi connectivity index (χ3n) is 2.32. The first-order valence-corrected chi connectivity index (χ1v) is 5.65. The molecule has 13 heavy (non-hydrogen) atoms. The smallest absolute Gasteiger partial charge is 0.166 e. The van der Waals surface area contributed by atoms with Crippen LogP contribution in [-0.4, -0.2) is 20.1 Å². The average Bonchev–Trinajstić information content (AvgIpc) is 2.61. The molecular formula is C6H12N2O4S. The minimum absolute atomic E-state index is 0.504. The minimum Gasteiger partial charge on any atom is -0.166 e. The normalized spacial score (nSPS) is 29.8. The number of hydroxylamine groups is 1. The molecule has 2 rings (SSSR count). The maximum absolute atomic E-state index is 10.7. The van der Waals surface area contributed by atoms with E-state index in [1.54, 1.807) is 0 Å². The van der Waals surface area contributed by atoms with E-state index in [0.717, 1.165) is 18.0 Å². The lowest BCUT2D eigenvalue weighted by molar-refractivity contribution is -0.122. The maximum Gasteiger partial charge on any atom is 0.435 e. The van der Waals surface area contributed by atoms with Gasteiger partial charge in [0.2, 0.25) is 0 Å². The first-order valence-electron chi connectivity index (χ1n) is 4.32. The fourth-order valence-corrected chi connectivity index (χ4v) is 2.24. The molecule has 0 unspecified atom stereocenters. The Morgan fingerprint density at radius 1 is 1.38 bits per heavy atom. The van der Waals surface area contributed by atoms with Gasteiger partial charge in [0.1, 0.15) is 0 Å². The largest absolute Gasteiger partial charge is 0.435 e. The van der Waals surface area contributed by atoms with Crippen molar-refractivity contribution in [3.63, 3.8) is 0 Å². The minimum atomic E-state index is -3.82. The molecular weight excluding hydrogens is 196 g/mol. The molecule has 0 aromatic carbocycles. The van der Waals surface area contributed by atoms with Crippen molar-refractivity contribution in [3.8, 4) is 0 Å². The zero-order valence-corrected chi connectivity index (χ0v) is 7.92. The first-order chi connectivity index (χ1) is 6.16. The van der Waals surface area contributed by atoms with E-state index < -0.39 is 10.4 Å². The molecule has 6 nitrogen and oxygen atoms in total. The summed E-state index contributed by atoms with van der Waals surface area (Å²) in [5, 5.41) is 1.13. The van der Waals surface area contributed by atoms with Crippen molar-refractivity contribution in [2.24, 2.45) is 5.92 Å². The molecule has 0 aromatic rings. The molecule has 1 saturated heterocycles. The number of hydrogen-bond donors (Lipinski definition) is 1. The quantitative estimate of drug-likeness (QED) is 0.694. The second kappa shape index (κ2) is 3.50. The van der Waals surface area contributed by atoms with Gasteiger partial charge in [0, 0.05) is 6.54 Å². The molecule has 0 atom stereocenters. The van der Waals surface area contributed by atoms with Gasteiger partial charge in [-0.1, -0.05) is 23.6 Å². The van der Waals surface area contributed by atoms with Crippen molar-refractivity contribution in [2.45, 2.75) is 25.7 Å². The molecule has 0 amide bonds. The Balaban J connectivity index is 1.83. The van der Waals surface area contributed by atoms with E-state index in [4.69, 9.17) is 0 Å². The van der Waals surface area contributed by atoms with Crippen LogP contribution < -0.4 is 5.59 Å². The van der Waals surface area contributed by atoms with Crippen molar-refractivity contribution in [1.29, 1.82) is 0 Å². The zero-order valence-electron chi connectivity index (χ0n) is 7.10. The van der Waals surface area contributed by atoms with Gasteiger partial charge in [0.25, 0.3) is 0 Å². The number of nitrogens with zero attached hydrogens (tertiary/aromatic N) is 1. The summed E-state index contributed by atoms with van der Waals surface area (Å²) in [7, 11) is -3.82. The van der Waals surface area contributed by atoms with Crippen molar-refractivity contribution in [2.75, 3.05) is 6.54 Å². The molecule has 0 radical (unpaired) electrons. The highest BCUT2D eigenvalue weighted by Crippen LogP contribution is 2.26. The van der Waals surface area contributed by atoms with Gasteiger partial charge in [-0.3, -0.25) is 0 Å². The van der Waals surface area contributed by atoms with Crippen LogP contribution in [0.3, 0.4) is 0 Å². The summed E-state index contributed by atoms with van der Waals surface area (Å²) in [4.78, 5) is 0. The lowest BCUT2D eigenvalue weighted by Crippen LogP contribution is -2.33. The molecule has 1 N–H and O–H groups in total. The Hall–Kier alpha value is -0.210. The first kappa shape index (κ1) is 9.35. The van der Waals surface area contributed by atoms with E-state index >= 15 is 0 Å². The Morgan fingerprint density at radius 2 is 2.08 bits per heavy atom. The zero-order chi connectivity index (χ0) is 9.31. The van der Waals surface area contributed by atoms with Gasteiger partial charge in [-0.2, -0.15) is 8.42 Å². The van der Waals surface area contributed by atoms with Crippen molar-refractivity contribution >= 4 is 10.4 Å². The molecule has 1 aliphatic carbocycles. The van der Waals surface area contributed by atoms with Crippen molar-refractivity contribution in [1.82, 2.24) is 10.8 Å². The highest BCUT2D eigenvalue weighted by molar-refractivity contribution is 7.81. The van der Waals surface area contributed by atoms with E-state index in [9.17, 15) is 8.42 Å². The second-order valence-corrected chi connectivity index (χ2v) is 4.50. The van der Waals surface area contributed by atoms with Gasteiger partial charge >= 0.3 is 10.4 Å². The van der Waals surface area contributed by atoms with Crippen LogP contribution in [0.2, 0.25) is 0 Å². The summed E-state index contributed by atoms with van der Waals surface area (Å²) in [5.41, 5.74) is 2.20. The Bertz CT molecular complexity index is 272. The summed E-state index contributed by atoms with van der Waals surface area (Å²) < 4.78 is 30.0. The van der Waals surface area contributed by atoms with E-state index in [0.29, 0.717) is 12.5 Å². The standard InChI is InChI=1S/C6H12N2O4S/c9-13(10)11-7-8(12-13)5-6-3-1-2-4-6/h6-7H,1-5H2. The number of hydrogen-bond acceptors (Lipinski definition) is 6. The Kier molecular flexibility index (Phi) is 2.52. The van der Waals surface area contributed by atoms with Crippen LogP contribution in [0.1, 0.15) is 25.7 Å². The molecule has 2 fully saturated rings. The van der Waals surface area contributed by atoms with Gasteiger partial charge in [0.05, 0.1) is 0 Å². The second-order valence-electron chi connectivity index (χ2n) is 3.37. The SMILES string of the molecule is O=S1(=O)ONN(CC2CCCC2)O1. The number of hydrazine groups is 1. The summed E-state index contributed by atoms with van der Waals surface area (Å²) >= 11 is 0. The fraction of sp³-hybridized carbons (Fsp3) is 1.00. The molecule has 1 heterocycles. The van der Waals surface area contributed by atoms with Crippen LogP contribution in [0.4, 0.5) is 0 Å². The summed E-state index contributed by atoms with van der Waals surface area (Å²) in [6.07, 6.45) is 4.68. The van der Waals surface area contributed by atoms with Crippen LogP contribution in [0.25, 0.3) is 0 Å². The molecule has 76 valence electrons. The van der Waals surface area contributed by atoms with Gasteiger partial charge < -0.3 is 0 Å². The Labute approximate surface area is 77.0 Å². The highest BCUT2D eigenvalue weighted by atomic mass is 32.3. The lowest BCUT2D eigenvalue weighted by atomic mass is 10.1. The fourth-order valence-electron chi connectivity index (χ4n) is 1.72. The molecule has 0 bridgehead atoms. The lowest BCUT2D eigenvalue weighted by Gasteiger charge is -2.13. The maximum atomic E-state index is 10.7. The topological polar surface area (TPSA) is 67.9 Å². The molecule has 0 spiro atoms. The predicted molar refractivity (Wildman–Crippen MR) is 42.9 cm³/mol. The summed E-state index contributed by atoms with van der Waals surface area (Å²) in [5.74, 6) is 0.504.